The van der Waals surface area contributed by atoms with Gasteiger partial charge in [-0.1, -0.05) is 25.1 Å². The van der Waals surface area contributed by atoms with E-state index in [0.29, 0.717) is 29.4 Å². The van der Waals surface area contributed by atoms with E-state index in [2.05, 4.69) is 5.10 Å². The van der Waals surface area contributed by atoms with Crippen molar-refractivity contribution >= 4 is 34.2 Å². The molecule has 0 radical (unpaired) electrons. The highest BCUT2D eigenvalue weighted by atomic mass is 19.1. The molecule has 0 saturated carbocycles. The van der Waals surface area contributed by atoms with Crippen LogP contribution in [-0.4, -0.2) is 40.7 Å². The number of hydrogen-bond donors (Lipinski definition) is 1. The summed E-state index contributed by atoms with van der Waals surface area (Å²) in [5.74, 6) is -2.63. The summed E-state index contributed by atoms with van der Waals surface area (Å²) in [6.07, 6.45) is 0.496. The van der Waals surface area contributed by atoms with Gasteiger partial charge in [0.1, 0.15) is 5.82 Å². The van der Waals surface area contributed by atoms with Crippen LogP contribution in [0.3, 0.4) is 0 Å². The van der Waals surface area contributed by atoms with Gasteiger partial charge in [0.15, 0.2) is 12.3 Å². The molecule has 0 unspecified atom stereocenters. The molecule has 0 atom stereocenters. The first-order valence-electron chi connectivity index (χ1n) is 10.3. The SMILES string of the molecule is CCCn1nc(C(=O)OCC(=O)N(CCC(N)=O)c2ccc(F)cc2)c2ccccc2c1=O. The van der Waals surface area contributed by atoms with Gasteiger partial charge in [0.2, 0.25) is 5.91 Å². The number of fused-ring (bicyclic) bond motifs is 1. The van der Waals surface area contributed by atoms with Crippen molar-refractivity contribution in [1.82, 2.24) is 9.78 Å². The summed E-state index contributed by atoms with van der Waals surface area (Å²) < 4.78 is 19.7. The second-order valence-electron chi connectivity index (χ2n) is 7.24. The molecular weight excluding hydrogens is 431 g/mol. The van der Waals surface area contributed by atoms with Crippen LogP contribution in [0.15, 0.2) is 53.3 Å². The summed E-state index contributed by atoms with van der Waals surface area (Å²) in [7, 11) is 0. The first-order chi connectivity index (χ1) is 15.8. The summed E-state index contributed by atoms with van der Waals surface area (Å²) in [4.78, 5) is 50.6. The Labute approximate surface area is 188 Å². The molecule has 0 fully saturated rings. The number of anilines is 1. The van der Waals surface area contributed by atoms with E-state index in [1.165, 1.54) is 33.8 Å². The van der Waals surface area contributed by atoms with Crippen LogP contribution in [0.4, 0.5) is 10.1 Å². The number of nitrogens with two attached hydrogens (primary N) is 1. The third-order valence-electron chi connectivity index (χ3n) is 4.84. The van der Waals surface area contributed by atoms with Gasteiger partial charge in [0, 0.05) is 30.6 Å². The van der Waals surface area contributed by atoms with E-state index in [4.69, 9.17) is 10.5 Å². The van der Waals surface area contributed by atoms with Gasteiger partial charge in [-0.2, -0.15) is 5.10 Å². The molecule has 0 aliphatic carbocycles. The largest absolute Gasteiger partial charge is 0.451 e. The third kappa shape index (κ3) is 5.59. The Morgan fingerprint density at radius 3 is 2.39 bits per heavy atom. The molecule has 9 nitrogen and oxygen atoms in total. The fraction of sp³-hybridized carbons (Fsp3) is 0.261. The summed E-state index contributed by atoms with van der Waals surface area (Å²) in [6, 6.07) is 11.6. The van der Waals surface area contributed by atoms with Gasteiger partial charge >= 0.3 is 5.97 Å². The molecule has 3 rings (SSSR count). The first kappa shape index (κ1) is 23.6. The van der Waals surface area contributed by atoms with Crippen LogP contribution >= 0.6 is 0 Å². The van der Waals surface area contributed by atoms with E-state index >= 15 is 0 Å². The van der Waals surface area contributed by atoms with E-state index in [9.17, 15) is 23.6 Å². The Morgan fingerprint density at radius 2 is 1.76 bits per heavy atom. The number of carbonyl (C=O) groups excluding carboxylic acids is 3. The number of nitrogens with zero attached hydrogens (tertiary/aromatic N) is 3. The van der Waals surface area contributed by atoms with Gasteiger partial charge in [-0.15, -0.1) is 0 Å². The average molecular weight is 454 g/mol. The first-order valence-corrected chi connectivity index (χ1v) is 10.3. The van der Waals surface area contributed by atoms with Crippen molar-refractivity contribution in [3.8, 4) is 0 Å². The molecule has 2 N–H and O–H groups in total. The predicted molar refractivity (Wildman–Crippen MR) is 119 cm³/mol. The number of halogens is 1. The smallest absolute Gasteiger partial charge is 0.359 e. The standard InChI is InChI=1S/C23H23FN4O5/c1-2-12-28-22(31)18-6-4-3-5-17(18)21(26-28)23(32)33-14-20(30)27(13-11-19(25)29)16-9-7-15(24)8-10-16/h3-10H,2,11-14H2,1H3,(H2,25,29). The second kappa shape index (κ2) is 10.5. The molecule has 0 aliphatic heterocycles. The van der Waals surface area contributed by atoms with Crippen LogP contribution in [0.1, 0.15) is 30.3 Å². The zero-order chi connectivity index (χ0) is 24.0. The van der Waals surface area contributed by atoms with Gasteiger partial charge in [-0.3, -0.25) is 14.4 Å². The maximum atomic E-state index is 13.3. The fourth-order valence-electron chi connectivity index (χ4n) is 3.26. The van der Waals surface area contributed by atoms with E-state index in [1.807, 2.05) is 6.92 Å². The van der Waals surface area contributed by atoms with Crippen LogP contribution in [0.5, 0.6) is 0 Å². The summed E-state index contributed by atoms with van der Waals surface area (Å²) >= 11 is 0. The van der Waals surface area contributed by atoms with E-state index in [1.54, 1.807) is 24.3 Å². The number of aromatic nitrogens is 2. The number of amides is 2. The lowest BCUT2D eigenvalue weighted by molar-refractivity contribution is -0.121. The molecule has 1 aromatic heterocycles. The molecule has 0 saturated heterocycles. The molecule has 172 valence electrons. The number of hydrogen-bond acceptors (Lipinski definition) is 6. The average Bonchev–Trinajstić information content (AvgIpc) is 2.80. The van der Waals surface area contributed by atoms with Crippen molar-refractivity contribution in [3.63, 3.8) is 0 Å². The van der Waals surface area contributed by atoms with Gasteiger partial charge in [-0.25, -0.2) is 13.9 Å². The van der Waals surface area contributed by atoms with Crippen LogP contribution in [-0.2, 0) is 20.9 Å². The Morgan fingerprint density at radius 1 is 1.09 bits per heavy atom. The third-order valence-corrected chi connectivity index (χ3v) is 4.84. The van der Waals surface area contributed by atoms with Crippen LogP contribution in [0.25, 0.3) is 10.8 Å². The molecule has 33 heavy (non-hydrogen) atoms. The molecule has 0 spiro atoms. The van der Waals surface area contributed by atoms with Gasteiger partial charge in [0.05, 0.1) is 5.39 Å². The molecule has 2 amide bonds. The maximum Gasteiger partial charge on any atom is 0.359 e. The lowest BCUT2D eigenvalue weighted by Crippen LogP contribution is -2.37. The van der Waals surface area contributed by atoms with Crippen LogP contribution in [0, 0.1) is 5.82 Å². The maximum absolute atomic E-state index is 13.3. The molecule has 0 bridgehead atoms. The van der Waals surface area contributed by atoms with Crippen molar-refractivity contribution in [1.29, 1.82) is 0 Å². The zero-order valence-electron chi connectivity index (χ0n) is 18.0. The quantitative estimate of drug-likeness (QED) is 0.493. The molecule has 10 heteroatoms. The molecule has 1 heterocycles. The van der Waals surface area contributed by atoms with Crippen molar-refractivity contribution in [3.05, 3.63) is 70.4 Å². The Balaban J connectivity index is 1.83. The van der Waals surface area contributed by atoms with Gasteiger partial charge in [0.25, 0.3) is 11.5 Å². The summed E-state index contributed by atoms with van der Waals surface area (Å²) in [6.45, 7) is 1.46. The number of aryl methyl sites for hydroxylation is 1. The highest BCUT2D eigenvalue weighted by Gasteiger charge is 2.22. The number of carbonyl (C=O) groups is 3. The minimum Gasteiger partial charge on any atom is -0.451 e. The fourth-order valence-corrected chi connectivity index (χ4v) is 3.26. The monoisotopic (exact) mass is 454 g/mol. The molecule has 3 aromatic rings. The van der Waals surface area contributed by atoms with Crippen LogP contribution < -0.4 is 16.2 Å². The molecular formula is C23H23FN4O5. The Kier molecular flexibility index (Phi) is 7.50. The van der Waals surface area contributed by atoms with Crippen molar-refractivity contribution < 1.29 is 23.5 Å². The van der Waals surface area contributed by atoms with Gasteiger partial charge < -0.3 is 15.4 Å². The van der Waals surface area contributed by atoms with E-state index < -0.39 is 30.2 Å². The minimum absolute atomic E-state index is 0.0695. The number of benzene rings is 2. The lowest BCUT2D eigenvalue weighted by atomic mass is 10.1. The lowest BCUT2D eigenvalue weighted by Gasteiger charge is -2.22. The Hall–Kier alpha value is -4.08. The molecule has 2 aromatic carbocycles. The van der Waals surface area contributed by atoms with Gasteiger partial charge in [-0.05, 0) is 36.8 Å². The topological polar surface area (TPSA) is 125 Å². The second-order valence-corrected chi connectivity index (χ2v) is 7.24. The van der Waals surface area contributed by atoms with Crippen molar-refractivity contribution in [2.45, 2.75) is 26.3 Å². The van der Waals surface area contributed by atoms with Crippen molar-refractivity contribution in [2.24, 2.45) is 5.73 Å². The minimum atomic E-state index is -0.877. The molecule has 0 aliphatic rings. The Bertz CT molecular complexity index is 1240. The normalized spacial score (nSPS) is 10.7. The highest BCUT2D eigenvalue weighted by molar-refractivity contribution is 6.03. The zero-order valence-corrected chi connectivity index (χ0v) is 18.0. The number of rotatable bonds is 9. The van der Waals surface area contributed by atoms with E-state index in [-0.39, 0.29) is 24.2 Å². The number of ether oxygens (including phenoxy) is 1. The number of primary amides is 1. The summed E-state index contributed by atoms with van der Waals surface area (Å²) in [5.41, 5.74) is 5.09. The predicted octanol–water partition coefficient (Wildman–Crippen LogP) is 2.01. The van der Waals surface area contributed by atoms with Crippen molar-refractivity contribution in [2.75, 3.05) is 18.1 Å². The highest BCUT2D eigenvalue weighted by Crippen LogP contribution is 2.17. The van der Waals surface area contributed by atoms with E-state index in [0.717, 1.165) is 0 Å². The number of esters is 1. The van der Waals surface area contributed by atoms with Crippen LogP contribution in [0.2, 0.25) is 0 Å². The summed E-state index contributed by atoms with van der Waals surface area (Å²) in [5, 5.41) is 4.77.